The number of hydrogen-bond donors (Lipinski definition) is 0. The maximum atomic E-state index is 5.81. The zero-order valence-corrected chi connectivity index (χ0v) is 12.9. The predicted octanol–water partition coefficient (Wildman–Crippen LogP) is 2.17. The van der Waals surface area contributed by atoms with Gasteiger partial charge in [-0.15, -0.1) is 0 Å². The Labute approximate surface area is 125 Å². The second-order valence-electron chi connectivity index (χ2n) is 5.84. The molecule has 21 heavy (non-hydrogen) atoms. The molecule has 1 saturated heterocycles. The van der Waals surface area contributed by atoms with Crippen LogP contribution < -0.4 is 9.64 Å². The van der Waals surface area contributed by atoms with Gasteiger partial charge in [0.2, 0.25) is 5.88 Å². The maximum Gasteiger partial charge on any atom is 0.224 e. The second-order valence-corrected chi connectivity index (χ2v) is 5.84. The zero-order valence-electron chi connectivity index (χ0n) is 12.9. The average Bonchev–Trinajstić information content (AvgIpc) is 2.47. The fraction of sp³-hybridized carbons (Fsp3) is 0.500. The molecule has 112 valence electrons. The van der Waals surface area contributed by atoms with Crippen molar-refractivity contribution in [2.24, 2.45) is 0 Å². The highest BCUT2D eigenvalue weighted by Gasteiger charge is 2.16. The number of rotatable bonds is 3. The van der Waals surface area contributed by atoms with Crippen LogP contribution in [0.2, 0.25) is 0 Å². The van der Waals surface area contributed by atoms with Crippen LogP contribution in [0.25, 0.3) is 10.9 Å². The van der Waals surface area contributed by atoms with Crippen molar-refractivity contribution in [3.63, 3.8) is 0 Å². The summed E-state index contributed by atoms with van der Waals surface area (Å²) in [7, 11) is 2.17. The van der Waals surface area contributed by atoms with Gasteiger partial charge < -0.3 is 14.5 Å². The molecule has 0 amide bonds. The summed E-state index contributed by atoms with van der Waals surface area (Å²) in [4.78, 5) is 13.4. The van der Waals surface area contributed by atoms with Crippen molar-refractivity contribution >= 4 is 16.6 Å². The molecule has 0 bridgehead atoms. The summed E-state index contributed by atoms with van der Waals surface area (Å²) in [6.07, 6.45) is 1.67. The third-order valence-corrected chi connectivity index (χ3v) is 3.80. The number of hydrogen-bond acceptors (Lipinski definition) is 5. The molecule has 0 aliphatic carbocycles. The predicted molar refractivity (Wildman–Crippen MR) is 85.0 cm³/mol. The lowest BCUT2D eigenvalue weighted by atomic mass is 10.2. The first-order valence-corrected chi connectivity index (χ1v) is 7.48. The van der Waals surface area contributed by atoms with Crippen molar-refractivity contribution in [3.8, 4) is 5.88 Å². The summed E-state index contributed by atoms with van der Waals surface area (Å²) in [5.74, 6) is 0.672. The van der Waals surface area contributed by atoms with Gasteiger partial charge in [-0.1, -0.05) is 0 Å². The molecule has 1 aromatic heterocycles. The highest BCUT2D eigenvalue weighted by Crippen LogP contribution is 2.27. The molecule has 2 heterocycles. The Morgan fingerprint density at radius 1 is 1.10 bits per heavy atom. The van der Waals surface area contributed by atoms with Crippen LogP contribution in [0, 0.1) is 0 Å². The molecular formula is C16H22N4O. The third kappa shape index (κ3) is 3.08. The fourth-order valence-electron chi connectivity index (χ4n) is 2.60. The van der Waals surface area contributed by atoms with E-state index in [9.17, 15) is 0 Å². The number of ether oxygens (including phenoxy) is 1. The minimum Gasteiger partial charge on any atom is -0.474 e. The Hall–Kier alpha value is -1.88. The Balaban J connectivity index is 1.94. The minimum atomic E-state index is 0.107. The van der Waals surface area contributed by atoms with Crippen molar-refractivity contribution in [1.29, 1.82) is 0 Å². The summed E-state index contributed by atoms with van der Waals surface area (Å²) in [5, 5.41) is 0.989. The van der Waals surface area contributed by atoms with Gasteiger partial charge in [-0.2, -0.15) is 0 Å². The SMILES string of the molecule is CC(C)Oc1ncnc2ccc(N3CCN(C)CC3)cc12. The van der Waals surface area contributed by atoms with Gasteiger partial charge in [0.05, 0.1) is 17.0 Å². The molecule has 2 aromatic rings. The molecule has 1 fully saturated rings. The van der Waals surface area contributed by atoms with E-state index in [4.69, 9.17) is 4.74 Å². The largest absolute Gasteiger partial charge is 0.474 e. The molecule has 0 atom stereocenters. The van der Waals surface area contributed by atoms with Crippen LogP contribution >= 0.6 is 0 Å². The van der Waals surface area contributed by atoms with Gasteiger partial charge in [-0.25, -0.2) is 9.97 Å². The number of likely N-dealkylation sites (N-methyl/N-ethyl adjacent to an activating group) is 1. The minimum absolute atomic E-state index is 0.107. The van der Waals surface area contributed by atoms with Crippen molar-refractivity contribution in [3.05, 3.63) is 24.5 Å². The molecule has 5 heteroatoms. The van der Waals surface area contributed by atoms with Crippen molar-refractivity contribution in [1.82, 2.24) is 14.9 Å². The van der Waals surface area contributed by atoms with Crippen LogP contribution in [0.15, 0.2) is 24.5 Å². The van der Waals surface area contributed by atoms with Crippen LogP contribution in [-0.4, -0.2) is 54.2 Å². The molecular weight excluding hydrogens is 264 g/mol. The third-order valence-electron chi connectivity index (χ3n) is 3.80. The number of benzene rings is 1. The second kappa shape index (κ2) is 5.85. The van der Waals surface area contributed by atoms with Gasteiger partial charge in [0.15, 0.2) is 0 Å². The van der Waals surface area contributed by atoms with Crippen LogP contribution in [0.4, 0.5) is 5.69 Å². The van der Waals surface area contributed by atoms with E-state index < -0.39 is 0 Å². The van der Waals surface area contributed by atoms with Crippen LogP contribution in [0.5, 0.6) is 5.88 Å². The first kappa shape index (κ1) is 14.1. The Morgan fingerprint density at radius 2 is 1.86 bits per heavy atom. The molecule has 1 aliphatic heterocycles. The molecule has 0 saturated carbocycles. The molecule has 5 nitrogen and oxygen atoms in total. The number of nitrogens with zero attached hydrogens (tertiary/aromatic N) is 4. The highest BCUT2D eigenvalue weighted by molar-refractivity contribution is 5.86. The molecule has 1 aliphatic rings. The lowest BCUT2D eigenvalue weighted by Crippen LogP contribution is -2.44. The Morgan fingerprint density at radius 3 is 2.57 bits per heavy atom. The van der Waals surface area contributed by atoms with E-state index >= 15 is 0 Å². The Kier molecular flexibility index (Phi) is 3.92. The van der Waals surface area contributed by atoms with Gasteiger partial charge in [0.25, 0.3) is 0 Å². The number of anilines is 1. The lowest BCUT2D eigenvalue weighted by Gasteiger charge is -2.34. The van der Waals surface area contributed by atoms with Crippen LogP contribution in [0.1, 0.15) is 13.8 Å². The average molecular weight is 286 g/mol. The molecule has 1 aromatic carbocycles. The molecule has 0 spiro atoms. The fourth-order valence-corrected chi connectivity index (χ4v) is 2.60. The Bertz CT molecular complexity index is 621. The molecule has 0 N–H and O–H groups in total. The van der Waals surface area contributed by atoms with Gasteiger partial charge in [-0.05, 0) is 39.1 Å². The normalized spacial score (nSPS) is 16.7. The van der Waals surface area contributed by atoms with E-state index in [2.05, 4.69) is 45.0 Å². The molecule has 0 radical (unpaired) electrons. The number of aromatic nitrogens is 2. The van der Waals surface area contributed by atoms with Crippen LogP contribution in [-0.2, 0) is 0 Å². The monoisotopic (exact) mass is 286 g/mol. The number of fused-ring (bicyclic) bond motifs is 1. The van der Waals surface area contributed by atoms with E-state index in [0.29, 0.717) is 5.88 Å². The summed E-state index contributed by atoms with van der Waals surface area (Å²) < 4.78 is 5.81. The smallest absolute Gasteiger partial charge is 0.224 e. The lowest BCUT2D eigenvalue weighted by molar-refractivity contribution is 0.235. The van der Waals surface area contributed by atoms with Gasteiger partial charge in [-0.3, -0.25) is 0 Å². The van der Waals surface area contributed by atoms with E-state index in [0.717, 1.165) is 37.1 Å². The topological polar surface area (TPSA) is 41.5 Å². The van der Waals surface area contributed by atoms with Crippen molar-refractivity contribution < 1.29 is 4.74 Å². The standard InChI is InChI=1S/C16H22N4O/c1-12(2)21-16-14-10-13(4-5-15(14)17-11-18-16)20-8-6-19(3)7-9-20/h4-5,10-12H,6-9H2,1-3H3. The van der Waals surface area contributed by atoms with Gasteiger partial charge >= 0.3 is 0 Å². The summed E-state index contributed by atoms with van der Waals surface area (Å²) >= 11 is 0. The van der Waals surface area contributed by atoms with E-state index in [1.807, 2.05) is 13.8 Å². The van der Waals surface area contributed by atoms with Gasteiger partial charge in [0, 0.05) is 31.9 Å². The maximum absolute atomic E-state index is 5.81. The van der Waals surface area contributed by atoms with Gasteiger partial charge in [0.1, 0.15) is 6.33 Å². The van der Waals surface area contributed by atoms with Crippen molar-refractivity contribution in [2.45, 2.75) is 20.0 Å². The summed E-state index contributed by atoms with van der Waals surface area (Å²) in [6, 6.07) is 6.34. The molecule has 3 rings (SSSR count). The molecule has 0 unspecified atom stereocenters. The number of piperazine rings is 1. The van der Waals surface area contributed by atoms with E-state index in [1.165, 1.54) is 5.69 Å². The quantitative estimate of drug-likeness (QED) is 0.865. The van der Waals surface area contributed by atoms with E-state index in [-0.39, 0.29) is 6.10 Å². The highest BCUT2D eigenvalue weighted by atomic mass is 16.5. The summed E-state index contributed by atoms with van der Waals surface area (Å²) in [6.45, 7) is 8.32. The zero-order chi connectivity index (χ0) is 14.8. The first-order chi connectivity index (χ1) is 10.1. The van der Waals surface area contributed by atoms with Crippen LogP contribution in [0.3, 0.4) is 0 Å². The summed E-state index contributed by atoms with van der Waals surface area (Å²) in [5.41, 5.74) is 2.15. The first-order valence-electron chi connectivity index (χ1n) is 7.48. The van der Waals surface area contributed by atoms with Crippen molar-refractivity contribution in [2.75, 3.05) is 38.1 Å². The van der Waals surface area contributed by atoms with E-state index in [1.54, 1.807) is 6.33 Å².